The monoisotopic (exact) mass is 333 g/mol. The van der Waals surface area contributed by atoms with Gasteiger partial charge in [-0.25, -0.2) is 0 Å². The molecule has 0 aliphatic heterocycles. The largest absolute Gasteiger partial charge is 0.573 e. The SMILES string of the molecule is COC(Oc1cc(C(=O)[O-])ccc1OC(F)(F)F)C1CCCC1. The van der Waals surface area contributed by atoms with Crippen LogP contribution in [0.1, 0.15) is 36.0 Å². The van der Waals surface area contributed by atoms with E-state index in [-0.39, 0.29) is 17.2 Å². The molecule has 23 heavy (non-hydrogen) atoms. The van der Waals surface area contributed by atoms with Gasteiger partial charge in [-0.05, 0) is 31.0 Å². The summed E-state index contributed by atoms with van der Waals surface area (Å²) in [5, 5.41) is 10.9. The first-order chi connectivity index (χ1) is 10.8. The minimum atomic E-state index is -4.92. The molecule has 5 nitrogen and oxygen atoms in total. The van der Waals surface area contributed by atoms with Crippen molar-refractivity contribution in [3.63, 3.8) is 0 Å². The lowest BCUT2D eigenvalue weighted by Gasteiger charge is -2.25. The number of carboxylic acid groups (broad SMARTS) is 1. The lowest BCUT2D eigenvalue weighted by atomic mass is 10.1. The second-order valence-corrected chi connectivity index (χ2v) is 5.26. The van der Waals surface area contributed by atoms with Gasteiger partial charge < -0.3 is 24.1 Å². The third-order valence-corrected chi connectivity index (χ3v) is 3.67. The van der Waals surface area contributed by atoms with Crippen LogP contribution in [-0.4, -0.2) is 25.7 Å². The zero-order valence-electron chi connectivity index (χ0n) is 12.4. The molecule has 1 atom stereocenters. The lowest BCUT2D eigenvalue weighted by Crippen LogP contribution is -2.28. The fourth-order valence-electron chi connectivity index (χ4n) is 2.63. The van der Waals surface area contributed by atoms with E-state index in [1.165, 1.54) is 7.11 Å². The van der Waals surface area contributed by atoms with Gasteiger partial charge in [0.25, 0.3) is 0 Å². The number of rotatable bonds is 6. The quantitative estimate of drug-likeness (QED) is 0.748. The van der Waals surface area contributed by atoms with Gasteiger partial charge in [-0.15, -0.1) is 13.2 Å². The van der Waals surface area contributed by atoms with Crippen LogP contribution in [0.5, 0.6) is 11.5 Å². The maximum Gasteiger partial charge on any atom is 0.573 e. The van der Waals surface area contributed by atoms with Gasteiger partial charge in [0.2, 0.25) is 6.29 Å². The molecule has 1 unspecified atom stereocenters. The second-order valence-electron chi connectivity index (χ2n) is 5.26. The Morgan fingerprint density at radius 3 is 2.43 bits per heavy atom. The predicted molar refractivity (Wildman–Crippen MR) is 70.8 cm³/mol. The molecule has 0 aromatic heterocycles. The Hall–Kier alpha value is -1.96. The molecular formula is C15H16F3O5-. The van der Waals surface area contributed by atoms with E-state index < -0.39 is 24.4 Å². The van der Waals surface area contributed by atoms with Crippen LogP contribution >= 0.6 is 0 Å². The summed E-state index contributed by atoms with van der Waals surface area (Å²) in [5.74, 6) is -2.46. The predicted octanol–water partition coefficient (Wildman–Crippen LogP) is 2.49. The smallest absolute Gasteiger partial charge is 0.545 e. The molecule has 1 fully saturated rings. The molecule has 128 valence electrons. The highest BCUT2D eigenvalue weighted by Crippen LogP contribution is 2.36. The van der Waals surface area contributed by atoms with E-state index in [2.05, 4.69) is 4.74 Å². The Morgan fingerprint density at radius 2 is 1.91 bits per heavy atom. The molecule has 1 aliphatic rings. The number of hydrogen-bond acceptors (Lipinski definition) is 5. The summed E-state index contributed by atoms with van der Waals surface area (Å²) in [5.41, 5.74) is -0.309. The Morgan fingerprint density at radius 1 is 1.26 bits per heavy atom. The van der Waals surface area contributed by atoms with E-state index in [1.54, 1.807) is 0 Å². The number of hydrogen-bond donors (Lipinski definition) is 0. The minimum Gasteiger partial charge on any atom is -0.545 e. The molecular weight excluding hydrogens is 317 g/mol. The van der Waals surface area contributed by atoms with Crippen LogP contribution in [0.4, 0.5) is 13.2 Å². The van der Waals surface area contributed by atoms with Crippen molar-refractivity contribution in [2.24, 2.45) is 5.92 Å². The highest BCUT2D eigenvalue weighted by molar-refractivity contribution is 5.86. The van der Waals surface area contributed by atoms with E-state index in [1.807, 2.05) is 0 Å². The fourth-order valence-corrected chi connectivity index (χ4v) is 2.63. The number of ether oxygens (including phenoxy) is 3. The van der Waals surface area contributed by atoms with E-state index in [0.29, 0.717) is 0 Å². The van der Waals surface area contributed by atoms with Gasteiger partial charge in [0.15, 0.2) is 11.5 Å². The first-order valence-corrected chi connectivity index (χ1v) is 7.11. The Labute approximate surface area is 131 Å². The van der Waals surface area contributed by atoms with Crippen LogP contribution in [-0.2, 0) is 4.74 Å². The normalized spacial score (nSPS) is 17.0. The van der Waals surface area contributed by atoms with E-state index in [9.17, 15) is 23.1 Å². The van der Waals surface area contributed by atoms with Crippen molar-refractivity contribution in [3.05, 3.63) is 23.8 Å². The molecule has 0 saturated heterocycles. The van der Waals surface area contributed by atoms with Gasteiger partial charge in [-0.3, -0.25) is 0 Å². The van der Waals surface area contributed by atoms with Gasteiger partial charge in [0.1, 0.15) is 0 Å². The van der Waals surface area contributed by atoms with Crippen molar-refractivity contribution in [1.82, 2.24) is 0 Å². The third-order valence-electron chi connectivity index (χ3n) is 3.67. The van der Waals surface area contributed by atoms with Crippen molar-refractivity contribution in [2.45, 2.75) is 38.3 Å². The molecule has 2 rings (SSSR count). The molecule has 1 aliphatic carbocycles. The number of carbonyl (C=O) groups excluding carboxylic acids is 1. The van der Waals surface area contributed by atoms with Crippen molar-refractivity contribution in [3.8, 4) is 11.5 Å². The number of methoxy groups -OCH3 is 1. The maximum absolute atomic E-state index is 12.5. The summed E-state index contributed by atoms with van der Waals surface area (Å²) in [7, 11) is 1.38. The van der Waals surface area contributed by atoms with Gasteiger partial charge in [0, 0.05) is 18.6 Å². The summed E-state index contributed by atoms with van der Waals surface area (Å²) < 4.78 is 51.9. The van der Waals surface area contributed by atoms with Crippen molar-refractivity contribution >= 4 is 5.97 Å². The molecule has 0 radical (unpaired) electrons. The van der Waals surface area contributed by atoms with Crippen LogP contribution in [0.3, 0.4) is 0 Å². The van der Waals surface area contributed by atoms with Gasteiger partial charge >= 0.3 is 6.36 Å². The van der Waals surface area contributed by atoms with Crippen molar-refractivity contribution < 1.29 is 37.3 Å². The topological polar surface area (TPSA) is 67.8 Å². The average molecular weight is 333 g/mol. The molecule has 1 saturated carbocycles. The van der Waals surface area contributed by atoms with Crippen molar-refractivity contribution in [2.75, 3.05) is 7.11 Å². The minimum absolute atomic E-state index is 0.0327. The Kier molecular flexibility index (Phi) is 5.35. The summed E-state index contributed by atoms with van der Waals surface area (Å²) in [4.78, 5) is 10.9. The highest BCUT2D eigenvalue weighted by atomic mass is 19.4. The van der Waals surface area contributed by atoms with Gasteiger partial charge in [-0.1, -0.05) is 12.8 Å². The number of aromatic carboxylic acids is 1. The maximum atomic E-state index is 12.5. The molecule has 0 spiro atoms. The number of carbonyl (C=O) groups is 1. The van der Waals surface area contributed by atoms with Crippen LogP contribution < -0.4 is 14.6 Å². The van der Waals surface area contributed by atoms with Crippen LogP contribution in [0.2, 0.25) is 0 Å². The van der Waals surface area contributed by atoms with E-state index in [4.69, 9.17) is 9.47 Å². The Balaban J connectivity index is 2.28. The fraction of sp³-hybridized carbons (Fsp3) is 0.533. The molecule has 0 heterocycles. The van der Waals surface area contributed by atoms with E-state index in [0.717, 1.165) is 43.9 Å². The van der Waals surface area contributed by atoms with Crippen LogP contribution in [0.25, 0.3) is 0 Å². The van der Waals surface area contributed by atoms with Crippen LogP contribution in [0, 0.1) is 5.92 Å². The molecule has 0 N–H and O–H groups in total. The summed E-state index contributed by atoms with van der Waals surface area (Å²) in [6, 6.07) is 2.79. The zero-order valence-corrected chi connectivity index (χ0v) is 12.4. The second kappa shape index (κ2) is 7.08. The first kappa shape index (κ1) is 17.4. The first-order valence-electron chi connectivity index (χ1n) is 7.11. The van der Waals surface area contributed by atoms with E-state index >= 15 is 0 Å². The zero-order chi connectivity index (χ0) is 17.0. The molecule has 0 amide bonds. The summed E-state index contributed by atoms with van der Waals surface area (Å²) in [6.07, 6.45) is -2.07. The molecule has 8 heteroatoms. The van der Waals surface area contributed by atoms with Crippen LogP contribution in [0.15, 0.2) is 18.2 Å². The van der Waals surface area contributed by atoms with Gasteiger partial charge in [-0.2, -0.15) is 0 Å². The summed E-state index contributed by atoms with van der Waals surface area (Å²) in [6.45, 7) is 0. The Bertz CT molecular complexity index is 553. The molecule has 0 bridgehead atoms. The third kappa shape index (κ3) is 4.75. The van der Waals surface area contributed by atoms with Gasteiger partial charge in [0.05, 0.1) is 5.97 Å². The molecule has 1 aromatic rings. The number of carboxylic acids is 1. The summed E-state index contributed by atoms with van der Waals surface area (Å²) >= 11 is 0. The number of alkyl halides is 3. The standard InChI is InChI=1S/C15H17F3O5/c1-21-14(9-4-2-3-5-9)22-12-8-10(13(19)20)6-7-11(12)23-15(16,17)18/h6-9,14H,2-5H2,1H3,(H,19,20)/p-1. The van der Waals surface area contributed by atoms with Crippen molar-refractivity contribution in [1.29, 1.82) is 0 Å². The molecule has 1 aromatic carbocycles. The average Bonchev–Trinajstić information content (AvgIpc) is 2.98. The lowest BCUT2D eigenvalue weighted by molar-refractivity contribution is -0.275. The number of halogens is 3. The highest BCUT2D eigenvalue weighted by Gasteiger charge is 2.34. The number of benzene rings is 1.